The van der Waals surface area contributed by atoms with Crippen LogP contribution < -0.4 is 0 Å². The molecule has 1 rings (SSSR count). The van der Waals surface area contributed by atoms with E-state index in [0.29, 0.717) is 12.3 Å². The normalized spacial score (nSPS) is 13.5. The second-order valence-corrected chi connectivity index (χ2v) is 4.48. The Bertz CT molecular complexity index is 391. The second kappa shape index (κ2) is 5.39. The fraction of sp³-hybridized carbons (Fsp3) is 0.429. The average Bonchev–Trinajstić information content (AvgIpc) is 2.25. The Morgan fingerprint density at radius 3 is 2.53 bits per heavy atom. The van der Waals surface area contributed by atoms with Crippen molar-refractivity contribution in [3.8, 4) is 0 Å². The van der Waals surface area contributed by atoms with Crippen LogP contribution in [0.3, 0.4) is 0 Å². The van der Waals surface area contributed by atoms with Gasteiger partial charge in [-0.3, -0.25) is 0 Å². The van der Waals surface area contributed by atoms with Gasteiger partial charge in [0.2, 0.25) is 0 Å². The summed E-state index contributed by atoms with van der Waals surface area (Å²) in [7, 11) is 0. The molecule has 94 valence electrons. The molecule has 1 aromatic carbocycles. The number of hydrogen-bond acceptors (Lipinski definition) is 0. The molecule has 0 nitrogen and oxygen atoms in total. The predicted molar refractivity (Wildman–Crippen MR) is 63.7 cm³/mol. The van der Waals surface area contributed by atoms with Gasteiger partial charge in [0.15, 0.2) is 0 Å². The number of benzene rings is 1. The smallest absolute Gasteiger partial charge is 0.166 e. The van der Waals surface area contributed by atoms with E-state index in [4.69, 9.17) is 0 Å². The summed E-state index contributed by atoms with van der Waals surface area (Å²) in [6, 6.07) is 5.53. The molecular formula is C14H17F3. The van der Waals surface area contributed by atoms with Crippen LogP contribution in [-0.4, -0.2) is 0 Å². The van der Waals surface area contributed by atoms with E-state index in [0.717, 1.165) is 23.6 Å². The molecule has 0 bridgehead atoms. The monoisotopic (exact) mass is 242 g/mol. The molecule has 0 aliphatic rings. The Kier molecular flexibility index (Phi) is 4.38. The lowest BCUT2D eigenvalue weighted by Crippen LogP contribution is -2.05. The topological polar surface area (TPSA) is 0 Å². The third kappa shape index (κ3) is 4.25. The molecule has 0 saturated carbocycles. The van der Waals surface area contributed by atoms with E-state index in [1.165, 1.54) is 12.1 Å². The number of aryl methyl sites for hydroxylation is 1. The number of rotatable bonds is 4. The van der Waals surface area contributed by atoms with Gasteiger partial charge in [0.1, 0.15) is 0 Å². The van der Waals surface area contributed by atoms with Crippen molar-refractivity contribution in [2.75, 3.05) is 0 Å². The zero-order valence-electron chi connectivity index (χ0n) is 10.1. The van der Waals surface area contributed by atoms with Crippen LogP contribution in [0, 0.1) is 5.92 Å². The minimum atomic E-state index is -4.25. The average molecular weight is 242 g/mol. The summed E-state index contributed by atoms with van der Waals surface area (Å²) in [6.07, 6.45) is -2.77. The first-order valence-corrected chi connectivity index (χ1v) is 5.62. The fourth-order valence-corrected chi connectivity index (χ4v) is 1.53. The van der Waals surface area contributed by atoms with Crippen molar-refractivity contribution in [2.45, 2.75) is 32.9 Å². The summed E-state index contributed by atoms with van der Waals surface area (Å²) in [5.74, 6) is 0.338. The van der Waals surface area contributed by atoms with Crippen LogP contribution in [0.15, 0.2) is 36.4 Å². The molecule has 1 aromatic rings. The molecule has 0 aromatic heterocycles. The summed E-state index contributed by atoms with van der Waals surface area (Å²) >= 11 is 0. The van der Waals surface area contributed by atoms with Gasteiger partial charge in [-0.05, 0) is 37.3 Å². The Morgan fingerprint density at radius 1 is 1.35 bits per heavy atom. The Labute approximate surface area is 100 Å². The zero-order valence-corrected chi connectivity index (χ0v) is 10.1. The van der Waals surface area contributed by atoms with Gasteiger partial charge < -0.3 is 0 Å². The van der Waals surface area contributed by atoms with Crippen LogP contribution in [0.5, 0.6) is 0 Å². The molecule has 0 aliphatic heterocycles. The highest BCUT2D eigenvalue weighted by molar-refractivity contribution is 5.25. The van der Waals surface area contributed by atoms with Crippen LogP contribution in [0.25, 0.3) is 0 Å². The molecule has 0 spiro atoms. The van der Waals surface area contributed by atoms with Crippen molar-refractivity contribution in [3.05, 3.63) is 47.5 Å². The first-order chi connectivity index (χ1) is 7.80. The molecular weight excluding hydrogens is 225 g/mol. The van der Waals surface area contributed by atoms with Crippen LogP contribution in [0.4, 0.5) is 13.2 Å². The van der Waals surface area contributed by atoms with Crippen molar-refractivity contribution < 1.29 is 13.2 Å². The third-order valence-corrected chi connectivity index (χ3v) is 2.96. The minimum Gasteiger partial charge on any atom is -0.166 e. The first kappa shape index (κ1) is 13.8. The number of halogens is 3. The van der Waals surface area contributed by atoms with Gasteiger partial charge in [-0.15, -0.1) is 0 Å². The lowest BCUT2D eigenvalue weighted by Gasteiger charge is -2.12. The number of alkyl halides is 3. The van der Waals surface area contributed by atoms with Gasteiger partial charge in [0.25, 0.3) is 0 Å². The molecule has 0 amide bonds. The maximum Gasteiger partial charge on any atom is 0.416 e. The predicted octanol–water partition coefficient (Wildman–Crippen LogP) is 4.85. The van der Waals surface area contributed by atoms with Crippen molar-refractivity contribution >= 4 is 0 Å². The van der Waals surface area contributed by atoms with E-state index in [-0.39, 0.29) is 0 Å². The molecule has 0 N–H and O–H groups in total. The fourth-order valence-electron chi connectivity index (χ4n) is 1.53. The van der Waals surface area contributed by atoms with Gasteiger partial charge >= 0.3 is 6.18 Å². The first-order valence-electron chi connectivity index (χ1n) is 5.62. The summed E-state index contributed by atoms with van der Waals surface area (Å²) in [4.78, 5) is 0. The molecule has 1 atom stereocenters. The summed E-state index contributed by atoms with van der Waals surface area (Å²) < 4.78 is 37.4. The summed E-state index contributed by atoms with van der Waals surface area (Å²) in [5.41, 5.74) is 1.22. The van der Waals surface area contributed by atoms with Gasteiger partial charge in [0, 0.05) is 0 Å². The van der Waals surface area contributed by atoms with Gasteiger partial charge in [-0.25, -0.2) is 0 Å². The molecule has 3 heteroatoms. The highest BCUT2D eigenvalue weighted by atomic mass is 19.4. The molecule has 0 radical (unpaired) electrons. The molecule has 17 heavy (non-hydrogen) atoms. The van der Waals surface area contributed by atoms with Crippen LogP contribution in [0.2, 0.25) is 0 Å². The Hall–Kier alpha value is -1.25. The lowest BCUT2D eigenvalue weighted by molar-refractivity contribution is -0.137. The van der Waals surface area contributed by atoms with E-state index in [2.05, 4.69) is 6.58 Å². The van der Waals surface area contributed by atoms with E-state index < -0.39 is 11.7 Å². The number of hydrogen-bond donors (Lipinski definition) is 0. The van der Waals surface area contributed by atoms with Crippen LogP contribution in [-0.2, 0) is 12.6 Å². The molecule has 0 aliphatic carbocycles. The van der Waals surface area contributed by atoms with Gasteiger partial charge in [0.05, 0.1) is 5.56 Å². The van der Waals surface area contributed by atoms with Crippen molar-refractivity contribution in [3.63, 3.8) is 0 Å². The summed E-state index contributed by atoms with van der Waals surface area (Å²) in [6.45, 7) is 7.82. The second-order valence-electron chi connectivity index (χ2n) is 4.48. The zero-order chi connectivity index (χ0) is 13.1. The largest absolute Gasteiger partial charge is 0.416 e. The maximum atomic E-state index is 12.5. The summed E-state index contributed by atoms with van der Waals surface area (Å²) in [5, 5.41) is 0. The standard InChI is InChI=1S/C14H17F3/c1-10(2)11(3)7-8-12-5-4-6-13(9-12)14(15,16)17/h4-6,9,11H,1,7-8H2,2-3H3. The van der Waals surface area contributed by atoms with E-state index >= 15 is 0 Å². The van der Waals surface area contributed by atoms with Gasteiger partial charge in [-0.1, -0.05) is 37.3 Å². The quantitative estimate of drug-likeness (QED) is 0.662. The van der Waals surface area contributed by atoms with Crippen molar-refractivity contribution in [1.29, 1.82) is 0 Å². The van der Waals surface area contributed by atoms with E-state index in [9.17, 15) is 13.2 Å². The maximum absolute atomic E-state index is 12.5. The molecule has 1 unspecified atom stereocenters. The van der Waals surface area contributed by atoms with E-state index in [1.807, 2.05) is 13.8 Å². The van der Waals surface area contributed by atoms with E-state index in [1.54, 1.807) is 6.07 Å². The van der Waals surface area contributed by atoms with Gasteiger partial charge in [-0.2, -0.15) is 13.2 Å². The van der Waals surface area contributed by atoms with Crippen LogP contribution >= 0.6 is 0 Å². The van der Waals surface area contributed by atoms with Crippen molar-refractivity contribution in [2.24, 2.45) is 5.92 Å². The highest BCUT2D eigenvalue weighted by Crippen LogP contribution is 2.30. The Morgan fingerprint density at radius 2 is 2.00 bits per heavy atom. The third-order valence-electron chi connectivity index (χ3n) is 2.96. The molecule has 0 fully saturated rings. The van der Waals surface area contributed by atoms with Crippen LogP contribution in [0.1, 0.15) is 31.4 Å². The SMILES string of the molecule is C=C(C)C(C)CCc1cccc(C(F)(F)F)c1. The minimum absolute atomic E-state index is 0.338. The molecule has 0 saturated heterocycles. The van der Waals surface area contributed by atoms with Crippen molar-refractivity contribution in [1.82, 2.24) is 0 Å². The highest BCUT2D eigenvalue weighted by Gasteiger charge is 2.30. The Balaban J connectivity index is 2.70. The molecule has 0 heterocycles. The number of allylic oxidation sites excluding steroid dienone is 1. The lowest BCUT2D eigenvalue weighted by atomic mass is 9.95.